The number of rotatable bonds is 7. The number of hydrogen-bond acceptors (Lipinski definition) is 6. The zero-order valence-electron chi connectivity index (χ0n) is 17.4. The van der Waals surface area contributed by atoms with E-state index in [1.54, 1.807) is 36.7 Å². The van der Waals surface area contributed by atoms with Crippen LogP contribution in [0, 0.1) is 12.8 Å². The van der Waals surface area contributed by atoms with Gasteiger partial charge in [-0.2, -0.15) is 18.2 Å². The number of halogens is 3. The Hall–Kier alpha value is -3.20. The average molecular weight is 431 g/mol. The van der Waals surface area contributed by atoms with Gasteiger partial charge in [-0.15, -0.1) is 0 Å². The summed E-state index contributed by atoms with van der Waals surface area (Å²) in [7, 11) is 0. The van der Waals surface area contributed by atoms with Crippen LogP contribution >= 0.6 is 0 Å². The lowest BCUT2D eigenvalue weighted by Gasteiger charge is -2.21. The molecule has 0 spiro atoms. The molecule has 3 rings (SSSR count). The van der Waals surface area contributed by atoms with E-state index in [-0.39, 0.29) is 35.8 Å². The largest absolute Gasteiger partial charge is 0.416 e. The van der Waals surface area contributed by atoms with E-state index in [9.17, 15) is 18.3 Å². The van der Waals surface area contributed by atoms with E-state index in [2.05, 4.69) is 25.6 Å². The number of aliphatic hydroxyl groups excluding tert-OH is 1. The highest BCUT2D eigenvalue weighted by Crippen LogP contribution is 2.34. The van der Waals surface area contributed by atoms with Gasteiger partial charge in [0.05, 0.1) is 23.9 Å². The molecule has 0 aliphatic rings. The molecule has 2 heterocycles. The van der Waals surface area contributed by atoms with E-state index in [0.717, 1.165) is 11.6 Å². The summed E-state index contributed by atoms with van der Waals surface area (Å²) < 4.78 is 39.8. The third kappa shape index (κ3) is 5.69. The molecule has 164 valence electrons. The SMILES string of the molecule is Cc1ccc(Nc2cc(-c3ccncc3)nc(N[C@@H](CO)C(C)C)n2)cc1C(F)(F)F. The zero-order chi connectivity index (χ0) is 22.6. The molecule has 0 unspecified atom stereocenters. The molecule has 0 amide bonds. The highest BCUT2D eigenvalue weighted by molar-refractivity contribution is 5.67. The quantitative estimate of drug-likeness (QED) is 0.486. The van der Waals surface area contributed by atoms with Gasteiger partial charge in [0.25, 0.3) is 0 Å². The summed E-state index contributed by atoms with van der Waals surface area (Å²) in [5.74, 6) is 0.690. The normalized spacial score (nSPS) is 12.6. The Morgan fingerprint density at radius 2 is 1.74 bits per heavy atom. The maximum absolute atomic E-state index is 13.3. The lowest BCUT2D eigenvalue weighted by Crippen LogP contribution is -2.30. The first-order valence-corrected chi connectivity index (χ1v) is 9.79. The number of anilines is 3. The van der Waals surface area contributed by atoms with Crippen molar-refractivity contribution in [2.24, 2.45) is 5.92 Å². The van der Waals surface area contributed by atoms with Crippen LogP contribution in [0.15, 0.2) is 48.8 Å². The predicted octanol–water partition coefficient (Wildman–Crippen LogP) is 5.04. The van der Waals surface area contributed by atoms with Gasteiger partial charge >= 0.3 is 6.18 Å². The second kappa shape index (κ2) is 9.30. The molecule has 1 aromatic carbocycles. The molecule has 0 radical (unpaired) electrons. The molecule has 31 heavy (non-hydrogen) atoms. The van der Waals surface area contributed by atoms with Crippen molar-refractivity contribution in [1.82, 2.24) is 15.0 Å². The smallest absolute Gasteiger partial charge is 0.394 e. The van der Waals surface area contributed by atoms with Gasteiger partial charge in [-0.3, -0.25) is 4.98 Å². The number of aliphatic hydroxyl groups is 1. The molecule has 0 fully saturated rings. The van der Waals surface area contributed by atoms with Gasteiger partial charge in [0.2, 0.25) is 5.95 Å². The summed E-state index contributed by atoms with van der Waals surface area (Å²) in [6.07, 6.45) is -1.20. The monoisotopic (exact) mass is 431 g/mol. The Morgan fingerprint density at radius 3 is 2.35 bits per heavy atom. The molecule has 2 aromatic heterocycles. The van der Waals surface area contributed by atoms with Gasteiger partial charge in [-0.25, -0.2) is 4.98 Å². The van der Waals surface area contributed by atoms with E-state index in [4.69, 9.17) is 0 Å². The molecule has 3 N–H and O–H groups in total. The predicted molar refractivity (Wildman–Crippen MR) is 114 cm³/mol. The summed E-state index contributed by atoms with van der Waals surface area (Å²) in [6.45, 7) is 5.20. The standard InChI is InChI=1S/C22H24F3N5O/c1-13(2)19(12-31)29-21-28-18(15-6-8-26-9-7-15)11-20(30-21)27-16-5-4-14(3)17(10-16)22(23,24)25/h4-11,13,19,31H,12H2,1-3H3,(H2,27,28,29,30)/t19-/m0/s1. The number of aromatic nitrogens is 3. The van der Waals surface area contributed by atoms with E-state index in [1.807, 2.05) is 13.8 Å². The minimum Gasteiger partial charge on any atom is -0.394 e. The van der Waals surface area contributed by atoms with Crippen LogP contribution in [0.1, 0.15) is 25.0 Å². The third-order valence-electron chi connectivity index (χ3n) is 4.83. The highest BCUT2D eigenvalue weighted by Gasteiger charge is 2.32. The van der Waals surface area contributed by atoms with Crippen molar-refractivity contribution in [3.8, 4) is 11.3 Å². The fraction of sp³-hybridized carbons (Fsp3) is 0.318. The van der Waals surface area contributed by atoms with Crippen molar-refractivity contribution >= 4 is 17.5 Å². The topological polar surface area (TPSA) is 83.0 Å². The Morgan fingerprint density at radius 1 is 1.03 bits per heavy atom. The Balaban J connectivity index is 2.00. The van der Waals surface area contributed by atoms with Crippen molar-refractivity contribution in [3.05, 3.63) is 59.9 Å². The number of alkyl halides is 3. The van der Waals surface area contributed by atoms with Crippen molar-refractivity contribution < 1.29 is 18.3 Å². The van der Waals surface area contributed by atoms with Gasteiger partial charge in [0, 0.05) is 29.7 Å². The number of nitrogens with zero attached hydrogens (tertiary/aromatic N) is 3. The number of hydrogen-bond donors (Lipinski definition) is 3. The minimum absolute atomic E-state index is 0.112. The van der Waals surface area contributed by atoms with Gasteiger partial charge in [0.1, 0.15) is 5.82 Å². The lowest BCUT2D eigenvalue weighted by molar-refractivity contribution is -0.138. The van der Waals surface area contributed by atoms with Crippen LogP contribution in [0.5, 0.6) is 0 Å². The first-order valence-electron chi connectivity index (χ1n) is 9.79. The molecule has 6 nitrogen and oxygen atoms in total. The molecule has 0 saturated carbocycles. The van der Waals surface area contributed by atoms with Crippen LogP contribution in [0.25, 0.3) is 11.3 Å². The number of aryl methyl sites for hydroxylation is 1. The average Bonchev–Trinajstić information content (AvgIpc) is 2.73. The second-order valence-corrected chi connectivity index (χ2v) is 7.53. The fourth-order valence-corrected chi connectivity index (χ4v) is 2.99. The summed E-state index contributed by atoms with van der Waals surface area (Å²) in [5, 5.41) is 15.7. The van der Waals surface area contributed by atoms with Crippen LogP contribution in [-0.4, -0.2) is 32.7 Å². The highest BCUT2D eigenvalue weighted by atomic mass is 19.4. The van der Waals surface area contributed by atoms with E-state index in [0.29, 0.717) is 11.5 Å². The van der Waals surface area contributed by atoms with Crippen LogP contribution in [0.4, 0.5) is 30.6 Å². The van der Waals surface area contributed by atoms with Crippen LogP contribution in [0.2, 0.25) is 0 Å². The van der Waals surface area contributed by atoms with Crippen molar-refractivity contribution in [3.63, 3.8) is 0 Å². The van der Waals surface area contributed by atoms with Crippen molar-refractivity contribution in [2.45, 2.75) is 33.0 Å². The molecule has 0 bridgehead atoms. The summed E-state index contributed by atoms with van der Waals surface area (Å²) >= 11 is 0. The number of pyridine rings is 1. The van der Waals surface area contributed by atoms with Gasteiger partial charge in [-0.05, 0) is 42.7 Å². The second-order valence-electron chi connectivity index (χ2n) is 7.53. The van der Waals surface area contributed by atoms with Crippen LogP contribution < -0.4 is 10.6 Å². The van der Waals surface area contributed by atoms with E-state index in [1.165, 1.54) is 13.0 Å². The summed E-state index contributed by atoms with van der Waals surface area (Å²) in [5.41, 5.74) is 1.02. The van der Waals surface area contributed by atoms with Gasteiger partial charge < -0.3 is 15.7 Å². The summed E-state index contributed by atoms with van der Waals surface area (Å²) in [6, 6.07) is 8.95. The van der Waals surface area contributed by atoms with Gasteiger partial charge in [0.15, 0.2) is 0 Å². The van der Waals surface area contributed by atoms with Crippen molar-refractivity contribution in [1.29, 1.82) is 0 Å². The lowest BCUT2D eigenvalue weighted by atomic mass is 10.1. The van der Waals surface area contributed by atoms with Crippen LogP contribution in [0.3, 0.4) is 0 Å². The molecule has 0 saturated heterocycles. The molecular formula is C22H24F3N5O. The van der Waals surface area contributed by atoms with E-state index >= 15 is 0 Å². The Kier molecular flexibility index (Phi) is 6.74. The van der Waals surface area contributed by atoms with Crippen molar-refractivity contribution in [2.75, 3.05) is 17.2 Å². The third-order valence-corrected chi connectivity index (χ3v) is 4.83. The Labute approximate surface area is 178 Å². The fourth-order valence-electron chi connectivity index (χ4n) is 2.99. The number of benzene rings is 1. The number of nitrogens with one attached hydrogen (secondary N) is 2. The maximum Gasteiger partial charge on any atom is 0.416 e. The first kappa shape index (κ1) is 22.5. The minimum atomic E-state index is -4.45. The van der Waals surface area contributed by atoms with E-state index < -0.39 is 11.7 Å². The molecule has 9 heteroatoms. The molecule has 0 aliphatic heterocycles. The molecular weight excluding hydrogens is 407 g/mol. The Bertz CT molecular complexity index is 1030. The van der Waals surface area contributed by atoms with Gasteiger partial charge in [-0.1, -0.05) is 19.9 Å². The molecule has 0 aliphatic carbocycles. The molecule has 3 aromatic rings. The summed E-state index contributed by atoms with van der Waals surface area (Å²) in [4.78, 5) is 12.9. The maximum atomic E-state index is 13.3. The molecule has 1 atom stereocenters. The van der Waals surface area contributed by atoms with Crippen LogP contribution in [-0.2, 0) is 6.18 Å². The zero-order valence-corrected chi connectivity index (χ0v) is 17.4. The first-order chi connectivity index (χ1) is 14.7.